The van der Waals surface area contributed by atoms with Gasteiger partial charge in [-0.15, -0.1) is 11.3 Å². The van der Waals surface area contributed by atoms with Gasteiger partial charge in [-0.3, -0.25) is 0 Å². The van der Waals surface area contributed by atoms with E-state index in [0.717, 1.165) is 23.6 Å². The van der Waals surface area contributed by atoms with E-state index in [2.05, 4.69) is 0 Å². The Morgan fingerprint density at radius 3 is 2.75 bits per heavy atom. The highest BCUT2D eigenvalue weighted by molar-refractivity contribution is 7.12. The molecule has 0 spiro atoms. The number of carboxylic acids is 1. The van der Waals surface area contributed by atoms with Crippen LogP contribution in [0.15, 0.2) is 6.07 Å². The summed E-state index contributed by atoms with van der Waals surface area (Å²) in [5, 5.41) is 41.2. The molecular formula is C14H17O5S-. The first-order chi connectivity index (χ1) is 9.41. The molecule has 3 N–H and O–H groups in total. The molecule has 5 nitrogen and oxygen atoms in total. The lowest BCUT2D eigenvalue weighted by atomic mass is 9.80. The van der Waals surface area contributed by atoms with Crippen molar-refractivity contribution in [3.05, 3.63) is 21.4 Å². The third kappa shape index (κ3) is 2.26. The summed E-state index contributed by atoms with van der Waals surface area (Å²) in [6.07, 6.45) is 1.48. The van der Waals surface area contributed by atoms with Gasteiger partial charge < -0.3 is 25.2 Å². The Morgan fingerprint density at radius 1 is 1.45 bits per heavy atom. The molecule has 1 aromatic heterocycles. The van der Waals surface area contributed by atoms with Crippen molar-refractivity contribution in [2.45, 2.75) is 49.9 Å². The van der Waals surface area contributed by atoms with Crippen molar-refractivity contribution in [1.82, 2.24) is 0 Å². The first-order valence-corrected chi connectivity index (χ1v) is 7.66. The van der Waals surface area contributed by atoms with Crippen molar-refractivity contribution < 1.29 is 25.2 Å². The average Bonchev–Trinajstić information content (AvgIpc) is 3.11. The van der Waals surface area contributed by atoms with Crippen LogP contribution in [0.3, 0.4) is 0 Å². The lowest BCUT2D eigenvalue weighted by Gasteiger charge is -2.37. The highest BCUT2D eigenvalue weighted by Gasteiger charge is 2.45. The summed E-state index contributed by atoms with van der Waals surface area (Å²) >= 11 is 1.28. The standard InChI is InChI=1S/C14H18O5S/c15-10-6-14(19,13(17)18)9-5-8(4-3-7-1-2-7)20-12(9)11(10)16/h5,7,10-11,15-16,19H,1-4,6H2,(H,17,18)/p-1/t10-,11+,14-/m1/s1. The Kier molecular flexibility index (Phi) is 3.36. The Bertz CT molecular complexity index is 536. The van der Waals surface area contributed by atoms with Gasteiger partial charge in [-0.05, 0) is 24.8 Å². The number of rotatable bonds is 4. The fraction of sp³-hybridized carbons (Fsp3) is 0.643. The van der Waals surface area contributed by atoms with Crippen LogP contribution in [0.5, 0.6) is 0 Å². The minimum absolute atomic E-state index is 0.186. The van der Waals surface area contributed by atoms with Gasteiger partial charge in [0.15, 0.2) is 0 Å². The lowest BCUT2D eigenvalue weighted by Crippen LogP contribution is -2.51. The molecule has 3 rings (SSSR count). The second-order valence-electron chi connectivity index (χ2n) is 5.84. The number of hydrogen-bond acceptors (Lipinski definition) is 6. The van der Waals surface area contributed by atoms with E-state index in [1.165, 1.54) is 24.2 Å². The molecule has 0 amide bonds. The maximum absolute atomic E-state index is 11.2. The van der Waals surface area contributed by atoms with Crippen LogP contribution in [0.4, 0.5) is 0 Å². The second kappa shape index (κ2) is 4.80. The van der Waals surface area contributed by atoms with E-state index in [-0.39, 0.29) is 5.56 Å². The van der Waals surface area contributed by atoms with Crippen molar-refractivity contribution in [3.63, 3.8) is 0 Å². The van der Waals surface area contributed by atoms with E-state index in [1.807, 2.05) is 0 Å². The highest BCUT2D eigenvalue weighted by Crippen LogP contribution is 2.45. The number of hydrogen-bond donors (Lipinski definition) is 3. The third-order valence-electron chi connectivity index (χ3n) is 4.23. The minimum Gasteiger partial charge on any atom is -0.547 e. The molecule has 6 heteroatoms. The number of fused-ring (bicyclic) bond motifs is 1. The minimum atomic E-state index is -2.21. The van der Waals surface area contributed by atoms with Crippen LogP contribution >= 0.6 is 11.3 Å². The number of thiophene rings is 1. The van der Waals surface area contributed by atoms with Crippen molar-refractivity contribution in [2.24, 2.45) is 5.92 Å². The molecule has 2 aliphatic carbocycles. The molecule has 3 atom stereocenters. The zero-order chi connectivity index (χ0) is 14.5. The summed E-state index contributed by atoms with van der Waals surface area (Å²) in [6, 6.07) is 1.65. The first-order valence-electron chi connectivity index (χ1n) is 6.85. The Labute approximate surface area is 120 Å². The Balaban J connectivity index is 1.93. The molecule has 1 fully saturated rings. The van der Waals surface area contributed by atoms with E-state index < -0.39 is 30.2 Å². The molecule has 110 valence electrons. The molecule has 0 aromatic carbocycles. The topological polar surface area (TPSA) is 101 Å². The SMILES string of the molecule is O=C([O-])[C@@]1(O)C[C@@H](O)[C@H](O)c2sc(CCC3CC3)cc21. The van der Waals surface area contributed by atoms with Gasteiger partial charge in [-0.1, -0.05) is 12.8 Å². The molecule has 1 saturated carbocycles. The zero-order valence-electron chi connectivity index (χ0n) is 10.9. The number of aliphatic hydroxyl groups excluding tert-OH is 2. The molecule has 0 aliphatic heterocycles. The molecule has 1 heterocycles. The molecule has 1 aromatic rings. The third-order valence-corrected chi connectivity index (χ3v) is 5.49. The van der Waals surface area contributed by atoms with Crippen LogP contribution in [-0.2, 0) is 16.8 Å². The highest BCUT2D eigenvalue weighted by atomic mass is 32.1. The summed E-state index contributed by atoms with van der Waals surface area (Å²) in [4.78, 5) is 12.5. The molecule has 0 unspecified atom stereocenters. The van der Waals surface area contributed by atoms with Gasteiger partial charge >= 0.3 is 0 Å². The molecule has 0 radical (unpaired) electrons. The maximum atomic E-state index is 11.2. The average molecular weight is 297 g/mol. The van der Waals surface area contributed by atoms with Crippen LogP contribution in [-0.4, -0.2) is 27.4 Å². The number of aryl methyl sites for hydroxylation is 1. The zero-order valence-corrected chi connectivity index (χ0v) is 11.7. The summed E-state index contributed by atoms with van der Waals surface area (Å²) in [5.41, 5.74) is -2.02. The first kappa shape index (κ1) is 14.0. The van der Waals surface area contributed by atoms with Gasteiger partial charge in [0.2, 0.25) is 0 Å². The number of carbonyl (C=O) groups is 1. The van der Waals surface area contributed by atoms with Crippen molar-refractivity contribution in [2.75, 3.05) is 0 Å². The van der Waals surface area contributed by atoms with Gasteiger partial charge in [-0.25, -0.2) is 0 Å². The van der Waals surface area contributed by atoms with Gasteiger partial charge in [0.05, 0.1) is 12.1 Å². The molecular weight excluding hydrogens is 280 g/mol. The van der Waals surface area contributed by atoms with Crippen LogP contribution in [0, 0.1) is 5.92 Å². The van der Waals surface area contributed by atoms with Crippen LogP contribution in [0.1, 0.15) is 47.1 Å². The smallest absolute Gasteiger partial charge is 0.133 e. The van der Waals surface area contributed by atoms with Crippen LogP contribution in [0.25, 0.3) is 0 Å². The van der Waals surface area contributed by atoms with E-state index >= 15 is 0 Å². The summed E-state index contributed by atoms with van der Waals surface area (Å²) in [6.45, 7) is 0. The predicted octanol–water partition coefficient (Wildman–Crippen LogP) is -0.174. The molecule has 0 saturated heterocycles. The summed E-state index contributed by atoms with van der Waals surface area (Å²) < 4.78 is 0. The summed E-state index contributed by atoms with van der Waals surface area (Å²) in [7, 11) is 0. The number of carbonyl (C=O) groups excluding carboxylic acids is 1. The monoisotopic (exact) mass is 297 g/mol. The van der Waals surface area contributed by atoms with Gasteiger partial charge in [0.25, 0.3) is 0 Å². The van der Waals surface area contributed by atoms with E-state index in [1.54, 1.807) is 6.07 Å². The fourth-order valence-electron chi connectivity index (χ4n) is 2.77. The van der Waals surface area contributed by atoms with Gasteiger partial charge in [0, 0.05) is 21.7 Å². The van der Waals surface area contributed by atoms with Crippen molar-refractivity contribution in [3.8, 4) is 0 Å². The molecule has 2 aliphatic rings. The number of carboxylic acid groups (broad SMARTS) is 1. The fourth-order valence-corrected chi connectivity index (χ4v) is 4.06. The summed E-state index contributed by atoms with van der Waals surface area (Å²) in [5.74, 6) is -0.874. The lowest BCUT2D eigenvalue weighted by molar-refractivity contribution is -0.329. The normalized spacial score (nSPS) is 33.0. The quantitative estimate of drug-likeness (QED) is 0.716. The maximum Gasteiger partial charge on any atom is 0.133 e. The Morgan fingerprint density at radius 2 is 2.15 bits per heavy atom. The van der Waals surface area contributed by atoms with Gasteiger partial charge in [0.1, 0.15) is 11.7 Å². The van der Waals surface area contributed by atoms with E-state index in [4.69, 9.17) is 0 Å². The number of aliphatic hydroxyl groups is 3. The molecule has 20 heavy (non-hydrogen) atoms. The molecule has 0 bridgehead atoms. The van der Waals surface area contributed by atoms with Crippen LogP contribution in [0.2, 0.25) is 0 Å². The van der Waals surface area contributed by atoms with E-state index in [9.17, 15) is 25.2 Å². The predicted molar refractivity (Wildman–Crippen MR) is 69.9 cm³/mol. The van der Waals surface area contributed by atoms with Crippen LogP contribution < -0.4 is 5.11 Å². The number of aliphatic carboxylic acids is 1. The second-order valence-corrected chi connectivity index (χ2v) is 7.01. The van der Waals surface area contributed by atoms with Gasteiger partial charge in [-0.2, -0.15) is 0 Å². The van der Waals surface area contributed by atoms with Crippen molar-refractivity contribution in [1.29, 1.82) is 0 Å². The Hall–Kier alpha value is -0.950. The van der Waals surface area contributed by atoms with E-state index in [0.29, 0.717) is 4.88 Å². The van der Waals surface area contributed by atoms with Crippen molar-refractivity contribution >= 4 is 17.3 Å². The largest absolute Gasteiger partial charge is 0.547 e.